The van der Waals surface area contributed by atoms with Gasteiger partial charge < -0.3 is 19.9 Å². The SMILES string of the molecule is COC1CC(=O)C23C(=O)NC(CC(C)C)C2C(C)=CC(O)C3C=CCCC2OC12C. The molecule has 0 aromatic heterocycles. The second kappa shape index (κ2) is 7.57. The van der Waals surface area contributed by atoms with Gasteiger partial charge in [0.25, 0.3) is 0 Å². The predicted molar refractivity (Wildman–Crippen MR) is 113 cm³/mol. The Bertz CT molecular complexity index is 788. The van der Waals surface area contributed by atoms with E-state index in [4.69, 9.17) is 9.47 Å². The Morgan fingerprint density at radius 2 is 2.10 bits per heavy atom. The number of nitrogens with one attached hydrogen (secondary N) is 1. The molecule has 0 bridgehead atoms. The van der Waals surface area contributed by atoms with Crippen molar-refractivity contribution in [2.45, 2.75) is 83.3 Å². The second-order valence-electron chi connectivity index (χ2n) is 10.1. The van der Waals surface area contributed by atoms with E-state index in [1.165, 1.54) is 0 Å². The van der Waals surface area contributed by atoms with E-state index >= 15 is 0 Å². The minimum atomic E-state index is -1.31. The molecule has 8 atom stereocenters. The number of allylic oxidation sites excluding steroid dienone is 1. The van der Waals surface area contributed by atoms with Crippen LogP contribution in [0.2, 0.25) is 0 Å². The zero-order valence-corrected chi connectivity index (χ0v) is 18.7. The first kappa shape index (κ1) is 21.7. The summed E-state index contributed by atoms with van der Waals surface area (Å²) in [6.45, 7) is 8.18. The minimum Gasteiger partial charge on any atom is -0.388 e. The minimum absolute atomic E-state index is 0.0456. The molecule has 0 aromatic rings. The fourth-order valence-electron chi connectivity index (χ4n) is 6.31. The number of carbonyl (C=O) groups is 2. The van der Waals surface area contributed by atoms with Crippen molar-refractivity contribution in [2.75, 3.05) is 7.11 Å². The molecule has 1 spiro atoms. The Morgan fingerprint density at radius 1 is 1.37 bits per heavy atom. The number of methoxy groups -OCH3 is 1. The van der Waals surface area contributed by atoms with Crippen LogP contribution in [-0.2, 0) is 19.1 Å². The lowest BCUT2D eigenvalue weighted by Gasteiger charge is -2.44. The number of rotatable bonds is 3. The molecule has 0 radical (unpaired) electrons. The van der Waals surface area contributed by atoms with Gasteiger partial charge in [0.05, 0.1) is 18.3 Å². The predicted octanol–water partition coefficient (Wildman–Crippen LogP) is 2.55. The molecule has 4 rings (SSSR count). The molecule has 2 heterocycles. The van der Waals surface area contributed by atoms with Crippen molar-refractivity contribution in [3.8, 4) is 0 Å². The van der Waals surface area contributed by atoms with Gasteiger partial charge in [-0.15, -0.1) is 0 Å². The maximum atomic E-state index is 14.0. The number of ketones is 1. The van der Waals surface area contributed by atoms with Gasteiger partial charge in [0.1, 0.15) is 11.0 Å². The molecule has 0 aromatic carbocycles. The number of amides is 1. The van der Waals surface area contributed by atoms with Crippen LogP contribution >= 0.6 is 0 Å². The van der Waals surface area contributed by atoms with Crippen molar-refractivity contribution in [3.63, 3.8) is 0 Å². The van der Waals surface area contributed by atoms with Crippen molar-refractivity contribution >= 4 is 11.7 Å². The van der Waals surface area contributed by atoms with Crippen molar-refractivity contribution in [1.82, 2.24) is 5.32 Å². The first-order chi connectivity index (χ1) is 14.2. The largest absolute Gasteiger partial charge is 0.388 e. The van der Waals surface area contributed by atoms with Gasteiger partial charge in [-0.3, -0.25) is 9.59 Å². The lowest BCUT2D eigenvalue weighted by Crippen LogP contribution is -2.55. The molecule has 166 valence electrons. The summed E-state index contributed by atoms with van der Waals surface area (Å²) in [4.78, 5) is 27.6. The second-order valence-corrected chi connectivity index (χ2v) is 10.1. The monoisotopic (exact) mass is 417 g/mol. The van der Waals surface area contributed by atoms with Crippen LogP contribution in [0.3, 0.4) is 0 Å². The highest BCUT2D eigenvalue weighted by Crippen LogP contribution is 2.55. The number of aliphatic hydroxyl groups excluding tert-OH is 1. The van der Waals surface area contributed by atoms with Gasteiger partial charge in [0.2, 0.25) is 5.91 Å². The Kier molecular flexibility index (Phi) is 5.48. The summed E-state index contributed by atoms with van der Waals surface area (Å²) in [5.74, 6) is -0.863. The molecule has 6 nitrogen and oxygen atoms in total. The summed E-state index contributed by atoms with van der Waals surface area (Å²) in [6.07, 6.45) is 7.02. The van der Waals surface area contributed by atoms with Crippen LogP contribution in [0.4, 0.5) is 0 Å². The van der Waals surface area contributed by atoms with Crippen molar-refractivity contribution < 1.29 is 24.2 Å². The lowest BCUT2D eigenvalue weighted by molar-refractivity contribution is -0.149. The number of aliphatic hydroxyl groups is 1. The average molecular weight is 418 g/mol. The average Bonchev–Trinajstić information content (AvgIpc) is 3.23. The molecule has 0 saturated carbocycles. The van der Waals surface area contributed by atoms with Crippen LogP contribution in [-0.4, -0.2) is 53.9 Å². The molecule has 2 N–H and O–H groups in total. The Balaban J connectivity index is 1.83. The zero-order chi connectivity index (χ0) is 21.8. The first-order valence-electron chi connectivity index (χ1n) is 11.2. The Hall–Kier alpha value is -1.50. The van der Waals surface area contributed by atoms with Gasteiger partial charge in [-0.25, -0.2) is 0 Å². The lowest BCUT2D eigenvalue weighted by atomic mass is 9.55. The van der Waals surface area contributed by atoms with Crippen LogP contribution in [0.1, 0.15) is 53.4 Å². The highest BCUT2D eigenvalue weighted by molar-refractivity contribution is 6.09. The van der Waals surface area contributed by atoms with E-state index in [2.05, 4.69) is 19.2 Å². The van der Waals surface area contributed by atoms with Gasteiger partial charge in [-0.1, -0.05) is 37.6 Å². The van der Waals surface area contributed by atoms with E-state index in [1.807, 2.05) is 32.1 Å². The summed E-state index contributed by atoms with van der Waals surface area (Å²) < 4.78 is 11.7. The van der Waals surface area contributed by atoms with Crippen LogP contribution in [0, 0.1) is 23.2 Å². The van der Waals surface area contributed by atoms with Crippen LogP contribution in [0.5, 0.6) is 0 Å². The molecule has 2 saturated heterocycles. The molecule has 30 heavy (non-hydrogen) atoms. The number of fused-ring (bicyclic) bond motifs is 1. The van der Waals surface area contributed by atoms with E-state index in [-0.39, 0.29) is 36.2 Å². The standard InChI is InChI=1S/C24H35NO5/c1-13(2)10-16-21-14(3)11-17(26)15-8-6-7-9-19-23(4,30-19)20(29-5)12-18(27)24(15,21)22(28)25-16/h6,8,11,13,15-17,19-21,26H,7,9-10,12H2,1-5H3,(H,25,28). The van der Waals surface area contributed by atoms with Crippen molar-refractivity contribution in [3.05, 3.63) is 23.8 Å². The van der Waals surface area contributed by atoms with Gasteiger partial charge in [0, 0.05) is 31.4 Å². The van der Waals surface area contributed by atoms with Gasteiger partial charge in [0.15, 0.2) is 5.78 Å². The first-order valence-corrected chi connectivity index (χ1v) is 11.2. The maximum absolute atomic E-state index is 14.0. The molecule has 2 aliphatic carbocycles. The molecule has 2 fully saturated rings. The third kappa shape index (κ3) is 3.10. The number of hydrogen-bond acceptors (Lipinski definition) is 5. The Morgan fingerprint density at radius 3 is 2.77 bits per heavy atom. The normalized spacial score (nSPS) is 45.8. The van der Waals surface area contributed by atoms with Crippen LogP contribution in [0.15, 0.2) is 23.8 Å². The molecular formula is C24H35NO5. The number of ether oxygens (including phenoxy) is 2. The van der Waals surface area contributed by atoms with Gasteiger partial charge in [-0.05, 0) is 39.0 Å². The van der Waals surface area contributed by atoms with Gasteiger partial charge >= 0.3 is 0 Å². The quantitative estimate of drug-likeness (QED) is 0.419. The van der Waals surface area contributed by atoms with E-state index < -0.39 is 29.1 Å². The van der Waals surface area contributed by atoms with E-state index in [0.29, 0.717) is 5.92 Å². The third-order valence-electron chi connectivity index (χ3n) is 7.80. The van der Waals surface area contributed by atoms with E-state index in [9.17, 15) is 14.7 Å². The number of epoxide rings is 1. The van der Waals surface area contributed by atoms with Gasteiger partial charge in [-0.2, -0.15) is 0 Å². The van der Waals surface area contributed by atoms with Crippen molar-refractivity contribution in [1.29, 1.82) is 0 Å². The van der Waals surface area contributed by atoms with E-state index in [0.717, 1.165) is 24.8 Å². The number of Topliss-reactive ketones (excluding diaryl/α,β-unsaturated/α-hetero) is 1. The van der Waals surface area contributed by atoms with Crippen molar-refractivity contribution in [2.24, 2.45) is 23.2 Å². The highest BCUT2D eigenvalue weighted by atomic mass is 16.6. The smallest absolute Gasteiger partial charge is 0.235 e. The maximum Gasteiger partial charge on any atom is 0.235 e. The van der Waals surface area contributed by atoms with Crippen LogP contribution < -0.4 is 5.32 Å². The topological polar surface area (TPSA) is 88.2 Å². The Labute approximate surface area is 179 Å². The fraction of sp³-hybridized carbons (Fsp3) is 0.750. The fourth-order valence-corrected chi connectivity index (χ4v) is 6.31. The zero-order valence-electron chi connectivity index (χ0n) is 18.7. The van der Waals surface area contributed by atoms with E-state index in [1.54, 1.807) is 7.11 Å². The highest BCUT2D eigenvalue weighted by Gasteiger charge is 2.67. The third-order valence-corrected chi connectivity index (χ3v) is 7.80. The molecule has 2 aliphatic heterocycles. The summed E-state index contributed by atoms with van der Waals surface area (Å²) >= 11 is 0. The molecule has 6 heteroatoms. The summed E-state index contributed by atoms with van der Waals surface area (Å²) in [5, 5.41) is 14.1. The molecular weight excluding hydrogens is 382 g/mol. The molecule has 1 amide bonds. The molecule has 8 unspecified atom stereocenters. The number of hydrogen-bond donors (Lipinski definition) is 2. The van der Waals surface area contributed by atoms with Crippen LogP contribution in [0.25, 0.3) is 0 Å². The number of carbonyl (C=O) groups excluding carboxylic acids is 2. The summed E-state index contributed by atoms with van der Waals surface area (Å²) in [6, 6.07) is -0.118. The summed E-state index contributed by atoms with van der Waals surface area (Å²) in [7, 11) is 1.60. The summed E-state index contributed by atoms with van der Waals surface area (Å²) in [5.41, 5.74) is -0.898. The molecule has 4 aliphatic rings.